The summed E-state index contributed by atoms with van der Waals surface area (Å²) in [5.41, 5.74) is 6.74. The second-order valence-electron chi connectivity index (χ2n) is 9.20. The second-order valence-corrected chi connectivity index (χ2v) is 10.0. The standard InChI is InChI=1S/C28H28ClN5OS/c1-17-15-22(18(2)33(17)24-16-19(29)8-13-25(24)35)27-26(23-7-5-6-14-30-23)31-28(36)34(27)21-11-9-20(10-12-21)32(3)4/h5-16,26-27,35H,1-4H3,(H,31,36). The Morgan fingerprint density at radius 2 is 1.78 bits per heavy atom. The van der Waals surface area contributed by atoms with Crippen molar-refractivity contribution in [1.82, 2.24) is 14.9 Å². The molecule has 5 rings (SSSR count). The lowest BCUT2D eigenvalue weighted by Crippen LogP contribution is -2.29. The van der Waals surface area contributed by atoms with Crippen LogP contribution in [0, 0.1) is 13.8 Å². The first-order valence-electron chi connectivity index (χ1n) is 11.7. The Morgan fingerprint density at radius 3 is 2.44 bits per heavy atom. The Morgan fingerprint density at radius 1 is 1.03 bits per heavy atom. The highest BCUT2D eigenvalue weighted by Gasteiger charge is 2.42. The van der Waals surface area contributed by atoms with Crippen LogP contribution in [0.15, 0.2) is 72.9 Å². The molecular formula is C28H28ClN5OS. The van der Waals surface area contributed by atoms with E-state index in [-0.39, 0.29) is 17.8 Å². The first kappa shape index (κ1) is 24.2. The summed E-state index contributed by atoms with van der Waals surface area (Å²) in [7, 11) is 4.05. The lowest BCUT2D eigenvalue weighted by molar-refractivity contribution is 0.471. The maximum Gasteiger partial charge on any atom is 0.174 e. The van der Waals surface area contributed by atoms with E-state index >= 15 is 0 Å². The highest BCUT2D eigenvalue weighted by molar-refractivity contribution is 7.80. The van der Waals surface area contributed by atoms with E-state index in [1.54, 1.807) is 24.4 Å². The maximum absolute atomic E-state index is 10.6. The fourth-order valence-corrected chi connectivity index (χ4v) is 5.51. The summed E-state index contributed by atoms with van der Waals surface area (Å²) in [6.07, 6.45) is 1.80. The van der Waals surface area contributed by atoms with Crippen molar-refractivity contribution in [2.45, 2.75) is 25.9 Å². The van der Waals surface area contributed by atoms with E-state index in [1.165, 1.54) is 0 Å². The predicted octanol–water partition coefficient (Wildman–Crippen LogP) is 6.09. The molecule has 0 saturated carbocycles. The van der Waals surface area contributed by atoms with Gasteiger partial charge in [-0.2, -0.15) is 0 Å². The lowest BCUT2D eigenvalue weighted by Gasteiger charge is -2.28. The number of aryl methyl sites for hydroxylation is 1. The van der Waals surface area contributed by atoms with Crippen LogP contribution < -0.4 is 15.1 Å². The number of aromatic hydroxyl groups is 1. The fraction of sp³-hybridized carbons (Fsp3) is 0.214. The third kappa shape index (κ3) is 4.18. The second kappa shape index (κ2) is 9.48. The molecule has 1 aliphatic rings. The van der Waals surface area contributed by atoms with Gasteiger partial charge < -0.3 is 24.8 Å². The minimum absolute atomic E-state index is 0.154. The zero-order valence-electron chi connectivity index (χ0n) is 20.6. The number of phenols is 1. The van der Waals surface area contributed by atoms with Crippen LogP contribution in [-0.4, -0.2) is 33.9 Å². The van der Waals surface area contributed by atoms with E-state index in [9.17, 15) is 5.11 Å². The van der Waals surface area contributed by atoms with Gasteiger partial charge in [-0.3, -0.25) is 4.98 Å². The number of nitrogens with one attached hydrogen (secondary N) is 1. The highest BCUT2D eigenvalue weighted by Crippen LogP contribution is 2.44. The van der Waals surface area contributed by atoms with Gasteiger partial charge in [-0.15, -0.1) is 0 Å². The fourth-order valence-electron chi connectivity index (χ4n) is 4.99. The number of rotatable bonds is 5. The quantitative estimate of drug-likeness (QED) is 0.312. The first-order valence-corrected chi connectivity index (χ1v) is 12.5. The Labute approximate surface area is 221 Å². The topological polar surface area (TPSA) is 56.6 Å². The SMILES string of the molecule is Cc1cc(C2C(c3ccccn3)NC(=S)N2c2ccc(N(C)C)cc2)c(C)n1-c1cc(Cl)ccc1O. The molecule has 6 nitrogen and oxygen atoms in total. The van der Waals surface area contributed by atoms with Crippen LogP contribution in [0.4, 0.5) is 11.4 Å². The largest absolute Gasteiger partial charge is 0.506 e. The molecule has 1 saturated heterocycles. The summed E-state index contributed by atoms with van der Waals surface area (Å²) in [4.78, 5) is 8.90. The molecule has 1 fully saturated rings. The number of thiocarbonyl (C=S) groups is 1. The van der Waals surface area contributed by atoms with Gasteiger partial charge in [-0.05, 0) is 92.3 Å². The molecule has 1 aliphatic heterocycles. The number of pyridine rings is 1. The van der Waals surface area contributed by atoms with Gasteiger partial charge in [0, 0.05) is 48.1 Å². The average molecular weight is 518 g/mol. The van der Waals surface area contributed by atoms with Crippen molar-refractivity contribution < 1.29 is 5.11 Å². The van der Waals surface area contributed by atoms with Gasteiger partial charge in [-0.25, -0.2) is 0 Å². The summed E-state index contributed by atoms with van der Waals surface area (Å²) < 4.78 is 2.04. The van der Waals surface area contributed by atoms with Crippen molar-refractivity contribution in [2.75, 3.05) is 23.9 Å². The Hall–Kier alpha value is -3.55. The maximum atomic E-state index is 10.6. The van der Waals surface area contributed by atoms with Crippen LogP contribution in [0.5, 0.6) is 5.75 Å². The van der Waals surface area contributed by atoms with E-state index in [2.05, 4.69) is 57.4 Å². The van der Waals surface area contributed by atoms with Gasteiger partial charge in [0.05, 0.1) is 23.5 Å². The third-order valence-electron chi connectivity index (χ3n) is 6.71. The summed E-state index contributed by atoms with van der Waals surface area (Å²) >= 11 is 12.2. The number of halogens is 1. The molecule has 0 radical (unpaired) electrons. The van der Waals surface area contributed by atoms with Crippen LogP contribution in [0.3, 0.4) is 0 Å². The van der Waals surface area contributed by atoms with E-state index in [0.29, 0.717) is 15.8 Å². The van der Waals surface area contributed by atoms with Crippen LogP contribution in [0.25, 0.3) is 5.69 Å². The molecule has 2 atom stereocenters. The summed E-state index contributed by atoms with van der Waals surface area (Å²) in [5.74, 6) is 0.172. The molecule has 0 bridgehead atoms. The normalized spacial score (nSPS) is 17.4. The molecule has 184 valence electrons. The van der Waals surface area contributed by atoms with Crippen LogP contribution >= 0.6 is 23.8 Å². The van der Waals surface area contributed by atoms with E-state index in [1.807, 2.05) is 43.8 Å². The molecule has 8 heteroatoms. The van der Waals surface area contributed by atoms with Gasteiger partial charge in [0.1, 0.15) is 5.75 Å². The van der Waals surface area contributed by atoms with E-state index < -0.39 is 0 Å². The van der Waals surface area contributed by atoms with Gasteiger partial charge in [0.15, 0.2) is 5.11 Å². The highest BCUT2D eigenvalue weighted by atomic mass is 35.5. The van der Waals surface area contributed by atoms with Crippen molar-refractivity contribution in [1.29, 1.82) is 0 Å². The van der Waals surface area contributed by atoms with Crippen LogP contribution in [0.2, 0.25) is 5.02 Å². The number of benzene rings is 2. The van der Waals surface area contributed by atoms with Gasteiger partial charge in [0.2, 0.25) is 0 Å². The summed E-state index contributed by atoms with van der Waals surface area (Å²) in [6.45, 7) is 4.09. The third-order valence-corrected chi connectivity index (χ3v) is 7.26. The zero-order chi connectivity index (χ0) is 25.6. The number of nitrogens with zero attached hydrogens (tertiary/aromatic N) is 4. The zero-order valence-corrected chi connectivity index (χ0v) is 22.2. The molecule has 3 heterocycles. The Bertz CT molecular complexity index is 1420. The molecule has 0 spiro atoms. The lowest BCUT2D eigenvalue weighted by atomic mass is 9.96. The summed E-state index contributed by atoms with van der Waals surface area (Å²) in [6, 6.07) is 21.2. The molecule has 2 N–H and O–H groups in total. The molecule has 4 aromatic rings. The molecule has 0 amide bonds. The monoisotopic (exact) mass is 517 g/mol. The van der Waals surface area contributed by atoms with Crippen LogP contribution in [0.1, 0.15) is 34.7 Å². The van der Waals surface area contributed by atoms with Crippen molar-refractivity contribution in [3.63, 3.8) is 0 Å². The molecular weight excluding hydrogens is 490 g/mol. The minimum atomic E-state index is -0.158. The Kier molecular flexibility index (Phi) is 6.36. The molecule has 36 heavy (non-hydrogen) atoms. The van der Waals surface area contributed by atoms with Crippen molar-refractivity contribution >= 4 is 40.3 Å². The molecule has 0 aliphatic carbocycles. The smallest absolute Gasteiger partial charge is 0.174 e. The Balaban J connectivity index is 1.67. The number of aromatic nitrogens is 2. The van der Waals surface area contributed by atoms with E-state index in [0.717, 1.165) is 34.0 Å². The number of hydrogen-bond acceptors (Lipinski definition) is 4. The number of anilines is 2. The minimum Gasteiger partial charge on any atom is -0.506 e. The van der Waals surface area contributed by atoms with Gasteiger partial charge >= 0.3 is 0 Å². The average Bonchev–Trinajstić information content (AvgIpc) is 3.36. The van der Waals surface area contributed by atoms with Crippen molar-refractivity contribution in [3.05, 3.63) is 101 Å². The molecule has 2 aromatic carbocycles. The van der Waals surface area contributed by atoms with Crippen molar-refractivity contribution in [2.24, 2.45) is 0 Å². The van der Waals surface area contributed by atoms with Crippen molar-refractivity contribution in [3.8, 4) is 11.4 Å². The molecule has 2 unspecified atom stereocenters. The van der Waals surface area contributed by atoms with Gasteiger partial charge in [0.25, 0.3) is 0 Å². The summed E-state index contributed by atoms with van der Waals surface area (Å²) in [5, 5.41) is 15.4. The van der Waals surface area contributed by atoms with Crippen LogP contribution in [-0.2, 0) is 0 Å². The first-order chi connectivity index (χ1) is 17.3. The predicted molar refractivity (Wildman–Crippen MR) is 151 cm³/mol. The van der Waals surface area contributed by atoms with E-state index in [4.69, 9.17) is 23.8 Å². The number of phenolic OH excluding ortho intramolecular Hbond substituents is 1. The van der Waals surface area contributed by atoms with Gasteiger partial charge in [-0.1, -0.05) is 17.7 Å². The number of hydrogen-bond donors (Lipinski definition) is 2. The molecule has 2 aromatic heterocycles.